The number of alkyl halides is 1. The first-order chi connectivity index (χ1) is 19.0. The first-order valence-electron chi connectivity index (χ1n) is 13.8. The van der Waals surface area contributed by atoms with Crippen LogP contribution in [0.5, 0.6) is 5.75 Å². The van der Waals surface area contributed by atoms with Crippen LogP contribution in [-0.2, 0) is 22.6 Å². The molecular formula is C29H42FN7O3. The minimum Gasteiger partial charge on any atom is -0.459 e. The lowest BCUT2D eigenvalue weighted by Gasteiger charge is -2.34. The standard InChI is InChI=1S/C29H42FN7O3/c1-5-22(2)18-37(31)14-7-6-10-24-12-13-26(34-33-24)32-27(38)20-36-16-15-35(21-28(36)39)19-23-9-8-11-25(17-23)40-29(3,4)30/h8-9,11-13,17-18H,5-7,10,14-16,19-21,31H2,1-4H3,(H,32,34,38)/b22-18-. The number of aromatic nitrogens is 2. The van der Waals surface area contributed by atoms with Gasteiger partial charge in [0.2, 0.25) is 17.7 Å². The molecule has 0 aliphatic carbocycles. The molecule has 0 atom stereocenters. The van der Waals surface area contributed by atoms with Crippen molar-refractivity contribution in [2.45, 2.75) is 65.8 Å². The van der Waals surface area contributed by atoms with Gasteiger partial charge in [-0.1, -0.05) is 24.6 Å². The molecule has 1 aromatic heterocycles. The highest BCUT2D eigenvalue weighted by atomic mass is 19.2. The number of halogens is 1. The summed E-state index contributed by atoms with van der Waals surface area (Å²) in [7, 11) is 0. The van der Waals surface area contributed by atoms with Crippen LogP contribution in [0.15, 0.2) is 48.2 Å². The second kappa shape index (κ2) is 14.7. The van der Waals surface area contributed by atoms with Crippen LogP contribution >= 0.6 is 0 Å². The molecule has 1 fully saturated rings. The van der Waals surface area contributed by atoms with Gasteiger partial charge in [-0.2, -0.15) is 9.49 Å². The van der Waals surface area contributed by atoms with E-state index in [9.17, 15) is 14.0 Å². The van der Waals surface area contributed by atoms with Crippen molar-refractivity contribution in [3.05, 3.63) is 59.4 Å². The van der Waals surface area contributed by atoms with Crippen molar-refractivity contribution in [1.82, 2.24) is 25.0 Å². The molecule has 1 aliphatic heterocycles. The maximum atomic E-state index is 13.8. The lowest BCUT2D eigenvalue weighted by Crippen LogP contribution is -2.51. The summed E-state index contributed by atoms with van der Waals surface area (Å²) in [6.07, 6.45) is 5.59. The first-order valence-corrected chi connectivity index (χ1v) is 13.8. The van der Waals surface area contributed by atoms with Crippen molar-refractivity contribution >= 4 is 17.6 Å². The molecule has 0 unspecified atom stereocenters. The molecule has 3 N–H and O–H groups in total. The Morgan fingerprint density at radius 2 is 2.02 bits per heavy atom. The van der Waals surface area contributed by atoms with Crippen LogP contribution in [-0.4, -0.2) is 75.4 Å². The molecule has 2 aromatic rings. The number of unbranched alkanes of at least 4 members (excludes halogenated alkanes) is 1. The first kappa shape index (κ1) is 31.0. The minimum atomic E-state index is -1.77. The Morgan fingerprint density at radius 3 is 2.70 bits per heavy atom. The predicted molar refractivity (Wildman–Crippen MR) is 153 cm³/mol. The van der Waals surface area contributed by atoms with Crippen LogP contribution in [0, 0.1) is 0 Å². The fourth-order valence-electron chi connectivity index (χ4n) is 4.26. The van der Waals surface area contributed by atoms with E-state index in [1.54, 1.807) is 29.3 Å². The molecule has 0 bridgehead atoms. The molecule has 1 aliphatic rings. The maximum Gasteiger partial charge on any atom is 0.245 e. The molecule has 218 valence electrons. The van der Waals surface area contributed by atoms with E-state index >= 15 is 0 Å². The predicted octanol–water partition coefficient (Wildman–Crippen LogP) is 3.66. The van der Waals surface area contributed by atoms with Crippen molar-refractivity contribution in [3.8, 4) is 5.75 Å². The number of hydrazine groups is 1. The van der Waals surface area contributed by atoms with E-state index < -0.39 is 5.85 Å². The molecule has 0 spiro atoms. The van der Waals surface area contributed by atoms with E-state index in [4.69, 9.17) is 10.6 Å². The smallest absolute Gasteiger partial charge is 0.245 e. The third-order valence-corrected chi connectivity index (χ3v) is 6.43. The minimum absolute atomic E-state index is 0.0491. The fourth-order valence-corrected chi connectivity index (χ4v) is 4.26. The summed E-state index contributed by atoms with van der Waals surface area (Å²) in [6, 6.07) is 10.8. The Morgan fingerprint density at radius 1 is 1.23 bits per heavy atom. The number of benzene rings is 1. The number of carbonyl (C=O) groups is 2. The van der Waals surface area contributed by atoms with Crippen LogP contribution in [0.2, 0.25) is 0 Å². The molecule has 0 saturated carbocycles. The maximum absolute atomic E-state index is 13.8. The number of allylic oxidation sites excluding steroid dienone is 1. The van der Waals surface area contributed by atoms with E-state index in [-0.39, 0.29) is 24.9 Å². The normalized spacial score (nSPS) is 14.8. The summed E-state index contributed by atoms with van der Waals surface area (Å²) in [6.45, 7) is 9.34. The van der Waals surface area contributed by atoms with Crippen molar-refractivity contribution in [3.63, 3.8) is 0 Å². The quantitative estimate of drug-likeness (QED) is 0.206. The largest absolute Gasteiger partial charge is 0.459 e. The van der Waals surface area contributed by atoms with Crippen LogP contribution in [0.1, 0.15) is 58.2 Å². The number of carbonyl (C=O) groups excluding carboxylic acids is 2. The number of nitrogens with two attached hydrogens (primary N) is 1. The Balaban J connectivity index is 1.38. The Kier molecular flexibility index (Phi) is 11.4. The van der Waals surface area contributed by atoms with Gasteiger partial charge in [0.05, 0.1) is 18.8 Å². The number of nitrogens with zero attached hydrogens (tertiary/aromatic N) is 5. The molecule has 11 heteroatoms. The highest BCUT2D eigenvalue weighted by molar-refractivity contribution is 5.94. The average molecular weight is 556 g/mol. The van der Waals surface area contributed by atoms with Crippen LogP contribution in [0.4, 0.5) is 10.2 Å². The number of aryl methyl sites for hydroxylation is 1. The van der Waals surface area contributed by atoms with Gasteiger partial charge in [-0.05, 0) is 62.4 Å². The van der Waals surface area contributed by atoms with Gasteiger partial charge < -0.3 is 20.0 Å². The van der Waals surface area contributed by atoms with Crippen LogP contribution in [0.25, 0.3) is 0 Å². The summed E-state index contributed by atoms with van der Waals surface area (Å²) in [5.74, 6) is 4.56. The molecule has 1 aromatic carbocycles. The van der Waals surface area contributed by atoms with Crippen molar-refractivity contribution in [1.29, 1.82) is 0 Å². The third kappa shape index (κ3) is 10.9. The van der Waals surface area contributed by atoms with Gasteiger partial charge in [-0.25, -0.2) is 5.84 Å². The summed E-state index contributed by atoms with van der Waals surface area (Å²) in [5.41, 5.74) is 3.01. The zero-order chi connectivity index (χ0) is 29.1. The van der Waals surface area contributed by atoms with E-state index in [0.717, 1.165) is 43.5 Å². The SMILES string of the molecule is CC/C(C)=C\N(N)CCCCc1ccc(NC(=O)CN2CCN(Cc3cccc(OC(C)(C)F)c3)CC2=O)nn1. The molecule has 2 amide bonds. The van der Waals surface area contributed by atoms with Crippen molar-refractivity contribution in [2.24, 2.45) is 5.84 Å². The van der Waals surface area contributed by atoms with Crippen molar-refractivity contribution in [2.75, 3.05) is 38.0 Å². The average Bonchev–Trinajstić information content (AvgIpc) is 2.88. The van der Waals surface area contributed by atoms with Gasteiger partial charge in [0.25, 0.3) is 0 Å². The summed E-state index contributed by atoms with van der Waals surface area (Å²) in [5, 5.41) is 12.8. The van der Waals surface area contributed by atoms with Crippen molar-refractivity contribution < 1.29 is 18.7 Å². The number of ether oxygens (including phenoxy) is 1. The molecule has 10 nitrogen and oxygen atoms in total. The topological polar surface area (TPSA) is 117 Å². The number of rotatable bonds is 14. The molecular weight excluding hydrogens is 513 g/mol. The summed E-state index contributed by atoms with van der Waals surface area (Å²) in [4.78, 5) is 28.8. The second-order valence-corrected chi connectivity index (χ2v) is 10.6. The summed E-state index contributed by atoms with van der Waals surface area (Å²) < 4.78 is 19.1. The molecule has 2 heterocycles. The van der Waals surface area contributed by atoms with Gasteiger partial charge in [-0.15, -0.1) is 5.10 Å². The second-order valence-electron chi connectivity index (χ2n) is 10.6. The molecule has 40 heavy (non-hydrogen) atoms. The Hall–Kier alpha value is -3.57. The van der Waals surface area contributed by atoms with Crippen LogP contribution < -0.4 is 15.9 Å². The van der Waals surface area contributed by atoms with Gasteiger partial charge in [-0.3, -0.25) is 14.5 Å². The molecule has 3 rings (SSSR count). The Labute approximate surface area is 236 Å². The van der Waals surface area contributed by atoms with E-state index in [0.29, 0.717) is 31.2 Å². The van der Waals surface area contributed by atoms with Gasteiger partial charge >= 0.3 is 0 Å². The van der Waals surface area contributed by atoms with E-state index in [1.807, 2.05) is 23.2 Å². The third-order valence-electron chi connectivity index (χ3n) is 6.43. The van der Waals surface area contributed by atoms with Gasteiger partial charge in [0.15, 0.2) is 5.82 Å². The fraction of sp³-hybridized carbons (Fsp3) is 0.517. The highest BCUT2D eigenvalue weighted by Gasteiger charge is 2.26. The van der Waals surface area contributed by atoms with E-state index in [2.05, 4.69) is 29.4 Å². The molecule has 0 radical (unpaired) electrons. The molecule has 1 saturated heterocycles. The number of anilines is 1. The zero-order valence-electron chi connectivity index (χ0n) is 24.0. The number of hydrogen-bond donors (Lipinski definition) is 2. The zero-order valence-corrected chi connectivity index (χ0v) is 24.0. The Bertz CT molecular complexity index is 1150. The number of nitrogens with one attached hydrogen (secondary N) is 1. The summed E-state index contributed by atoms with van der Waals surface area (Å²) >= 11 is 0. The van der Waals surface area contributed by atoms with Gasteiger partial charge in [0.1, 0.15) is 5.75 Å². The van der Waals surface area contributed by atoms with Gasteiger partial charge in [0, 0.05) is 46.2 Å². The lowest BCUT2D eigenvalue weighted by atomic mass is 10.2. The number of hydrogen-bond acceptors (Lipinski definition) is 8. The number of piperazine rings is 1. The van der Waals surface area contributed by atoms with Crippen LogP contribution in [0.3, 0.4) is 0 Å². The lowest BCUT2D eigenvalue weighted by molar-refractivity contribution is -0.139. The number of amides is 2. The van der Waals surface area contributed by atoms with E-state index in [1.165, 1.54) is 24.3 Å². The highest BCUT2D eigenvalue weighted by Crippen LogP contribution is 2.21. The monoisotopic (exact) mass is 555 g/mol.